The average Bonchev–Trinajstić information content (AvgIpc) is 3.18. The number of rotatable bonds is 12. The van der Waals surface area contributed by atoms with Crippen LogP contribution in [0, 0.1) is 46.3 Å². The van der Waals surface area contributed by atoms with Gasteiger partial charge in [0.25, 0.3) is 0 Å². The summed E-state index contributed by atoms with van der Waals surface area (Å²) in [6, 6.07) is 0. The van der Waals surface area contributed by atoms with Crippen molar-refractivity contribution in [3.8, 4) is 0 Å². The topological polar surface area (TPSA) is 266 Å². The summed E-state index contributed by atoms with van der Waals surface area (Å²) in [6.45, 7) is 5.19. The maximum atomic E-state index is 12.0. The summed E-state index contributed by atoms with van der Waals surface area (Å²) >= 11 is 0. The second-order valence-electron chi connectivity index (χ2n) is 13.3. The summed E-state index contributed by atoms with van der Waals surface area (Å²) in [4.78, 5) is 0. The van der Waals surface area contributed by atoms with Crippen molar-refractivity contribution in [1.29, 1.82) is 0 Å². The molecule has 0 aromatic heterocycles. The molecule has 0 aromatic rings. The molecule has 0 N–H and O–H groups in total. The van der Waals surface area contributed by atoms with E-state index < -0.39 is 94.4 Å². The maximum Gasteiger partial charge on any atom is 1.00 e. The zero-order valence-corrected chi connectivity index (χ0v) is 44.2. The summed E-state index contributed by atoms with van der Waals surface area (Å²) < 4.78 is 158. The summed E-state index contributed by atoms with van der Waals surface area (Å²) in [5.41, 5.74) is -1.68. The first kappa shape index (κ1) is 54.0. The maximum absolute atomic E-state index is 12.0. The van der Waals surface area contributed by atoms with Gasteiger partial charge in [-0.15, -0.1) is 0 Å². The number of hydrogen-bond donors (Lipinski definition) is 0. The van der Waals surface area contributed by atoms with Gasteiger partial charge >= 0.3 is 206 Å². The molecule has 48 heavy (non-hydrogen) atoms. The Bertz CT molecular complexity index is 1520. The molecule has 258 valence electrons. The molecule has 4 fully saturated rings. The van der Waals surface area contributed by atoms with Crippen molar-refractivity contribution < 1.29 is 274 Å². The molecule has 0 aromatic carbocycles. The zero-order chi connectivity index (χ0) is 33.1. The molecule has 4 aliphatic rings. The minimum atomic E-state index is -5.22. The van der Waals surface area contributed by atoms with E-state index in [0.29, 0.717) is 25.7 Å². The molecule has 4 saturated carbocycles. The molecule has 11 atom stereocenters. The van der Waals surface area contributed by atoms with Gasteiger partial charge in [0.05, 0.1) is 24.9 Å². The normalized spacial score (nSPS) is 37.1. The molecule has 0 aliphatic heterocycles. The largest absolute Gasteiger partial charge is 1.00 e. The third kappa shape index (κ3) is 14.1. The molecule has 0 bridgehead atoms. The van der Waals surface area contributed by atoms with E-state index >= 15 is 0 Å². The molecule has 24 heteroatoms. The fourth-order valence-electron chi connectivity index (χ4n) is 9.62. The SMILES string of the molecule is C[C@@H](CCCOS(=O)(=O)[O-])C1CC[C@H]2C3C(C[C@H](OS(=O)(=O)[O-])[C@]12C)[C@@]1(C)CC[C@@H](OS(=O)(=O)[O-])C[C@@H]1C[C@H]3OS(=O)(=O)[O-].[K+].[K+].[K+].[K+]. The first-order valence-corrected chi connectivity index (χ1v) is 19.8. The van der Waals surface area contributed by atoms with E-state index in [-0.39, 0.29) is 256 Å². The molecule has 4 rings (SSSR count). The first-order chi connectivity index (χ1) is 19.9. The fourth-order valence-corrected chi connectivity index (χ4v) is 11.5. The molecule has 3 unspecified atom stereocenters. The van der Waals surface area contributed by atoms with Crippen LogP contribution in [-0.2, 0) is 58.3 Å². The quantitative estimate of drug-likeness (QED) is 0.0763. The number of fused-ring (bicyclic) bond motifs is 5. The van der Waals surface area contributed by atoms with Gasteiger partial charge in [0, 0.05) is 5.41 Å². The van der Waals surface area contributed by atoms with E-state index in [1.807, 2.05) is 13.8 Å². The third-order valence-electron chi connectivity index (χ3n) is 11.2. The van der Waals surface area contributed by atoms with E-state index in [9.17, 15) is 51.9 Å². The van der Waals surface area contributed by atoms with Gasteiger partial charge in [0.1, 0.15) is 0 Å². The third-order valence-corrected chi connectivity index (χ3v) is 13.1. The van der Waals surface area contributed by atoms with E-state index in [4.69, 9.17) is 12.5 Å². The zero-order valence-electron chi connectivity index (χ0n) is 28.4. The van der Waals surface area contributed by atoms with Gasteiger partial charge in [-0.1, -0.05) is 20.8 Å². The van der Waals surface area contributed by atoms with Crippen molar-refractivity contribution in [2.24, 2.45) is 46.3 Å². The first-order valence-electron chi connectivity index (χ1n) is 14.5. The molecule has 4 aliphatic carbocycles. The smallest absolute Gasteiger partial charge is 0.726 e. The minimum absolute atomic E-state index is 0. The standard InChI is InChI=1S/C24H42O16S4.4K/c1-14(5-4-10-37-41(25,26)27)17-6-7-18-22-19(13-21(24(17,18)3)40-44(34,35)36)23(2)9-8-16(38-42(28,29)30)11-15(23)12-20(22)39-43(31,32)33;;;;/h14-22H,4-13H2,1-3H3,(H,25,26,27)(H,28,29,30)(H,31,32,33)(H,34,35,36);;;;/q;4*+1/p-4/t14-,15+,16+,17?,18-,19?,20+,21-,22?,23-,24+;;;;/m0..../s1. The second kappa shape index (κ2) is 20.8. The minimum Gasteiger partial charge on any atom is -0.726 e. The Hall–Kier alpha value is 6.03. The van der Waals surface area contributed by atoms with E-state index in [2.05, 4.69) is 4.18 Å². The Kier molecular flexibility index (Phi) is 23.4. The van der Waals surface area contributed by atoms with Crippen LogP contribution in [0.15, 0.2) is 0 Å². The molecular weight excluding hydrogens is 829 g/mol. The van der Waals surface area contributed by atoms with Crippen LogP contribution < -0.4 is 206 Å². The monoisotopic (exact) mass is 866 g/mol. The van der Waals surface area contributed by atoms with Crippen molar-refractivity contribution in [3.63, 3.8) is 0 Å². The van der Waals surface area contributed by atoms with Crippen molar-refractivity contribution in [2.75, 3.05) is 6.61 Å². The van der Waals surface area contributed by atoms with Crippen LogP contribution in [0.1, 0.15) is 78.6 Å². The molecule has 0 radical (unpaired) electrons. The predicted molar refractivity (Wildman–Crippen MR) is 144 cm³/mol. The Labute approximate surface area is 455 Å². The van der Waals surface area contributed by atoms with Gasteiger partial charge in [0.2, 0.25) is 41.6 Å². The van der Waals surface area contributed by atoms with Crippen LogP contribution in [0.5, 0.6) is 0 Å². The Morgan fingerprint density at radius 1 is 0.708 bits per heavy atom. The van der Waals surface area contributed by atoms with Crippen molar-refractivity contribution >= 4 is 41.6 Å². The molecule has 16 nitrogen and oxygen atoms in total. The second-order valence-corrected chi connectivity index (χ2v) is 17.4. The van der Waals surface area contributed by atoms with E-state index in [0.717, 1.165) is 0 Å². The van der Waals surface area contributed by atoms with Gasteiger partial charge < -0.3 is 18.2 Å². The van der Waals surface area contributed by atoms with Crippen LogP contribution in [0.3, 0.4) is 0 Å². The molecule has 0 amide bonds. The van der Waals surface area contributed by atoms with Crippen LogP contribution in [0.25, 0.3) is 0 Å². The van der Waals surface area contributed by atoms with Gasteiger partial charge in [-0.05, 0) is 98.7 Å². The van der Waals surface area contributed by atoms with Crippen LogP contribution in [-0.4, -0.2) is 76.8 Å². The Morgan fingerprint density at radius 2 is 1.27 bits per heavy atom. The van der Waals surface area contributed by atoms with Crippen molar-refractivity contribution in [1.82, 2.24) is 0 Å². The van der Waals surface area contributed by atoms with Gasteiger partial charge in [-0.2, -0.15) is 0 Å². The predicted octanol–water partition coefficient (Wildman–Crippen LogP) is -10.7. The van der Waals surface area contributed by atoms with Gasteiger partial charge in [0.15, 0.2) is 0 Å². The van der Waals surface area contributed by atoms with Gasteiger partial charge in [-0.3, -0.25) is 16.7 Å². The summed E-state index contributed by atoms with van der Waals surface area (Å²) in [5.74, 6) is -2.50. The van der Waals surface area contributed by atoms with Gasteiger partial charge in [-0.25, -0.2) is 33.7 Å². The van der Waals surface area contributed by atoms with Crippen molar-refractivity contribution in [2.45, 2.75) is 96.9 Å². The molecule has 0 heterocycles. The fraction of sp³-hybridized carbons (Fsp3) is 1.00. The van der Waals surface area contributed by atoms with Crippen LogP contribution in [0.2, 0.25) is 0 Å². The Morgan fingerprint density at radius 3 is 1.79 bits per heavy atom. The van der Waals surface area contributed by atoms with Crippen molar-refractivity contribution in [3.05, 3.63) is 0 Å². The summed E-state index contributed by atoms with van der Waals surface area (Å²) in [5, 5.41) is 0. The molecular formula is C24H38K4O16S4. The summed E-state index contributed by atoms with van der Waals surface area (Å²) in [7, 11) is -20.3. The average molecular weight is 867 g/mol. The molecule has 0 spiro atoms. The van der Waals surface area contributed by atoms with E-state index in [1.54, 1.807) is 6.92 Å². The number of hydrogen-bond acceptors (Lipinski definition) is 16. The van der Waals surface area contributed by atoms with E-state index in [1.165, 1.54) is 0 Å². The van der Waals surface area contributed by atoms with Crippen LogP contribution in [0.4, 0.5) is 0 Å². The molecule has 0 saturated heterocycles. The Balaban J connectivity index is 0.00000552. The van der Waals surface area contributed by atoms with Crippen LogP contribution >= 0.6 is 0 Å². The summed E-state index contributed by atoms with van der Waals surface area (Å²) in [6.07, 6.45) is -1.13.